The van der Waals surface area contributed by atoms with Crippen LogP contribution in [0.25, 0.3) is 0 Å². The largest absolute Gasteiger partial charge is 0.377 e. The molecule has 1 aliphatic rings. The molecule has 0 radical (unpaired) electrons. The second-order valence-electron chi connectivity index (χ2n) is 5.29. The Morgan fingerprint density at radius 1 is 1.06 bits per heavy atom. The summed E-state index contributed by atoms with van der Waals surface area (Å²) in [7, 11) is 1.85. The number of nitrogens with two attached hydrogens (primary N) is 1. The first kappa shape index (κ1) is 14.0. The van der Waals surface area contributed by atoms with E-state index in [-0.39, 0.29) is 11.6 Å². The molecule has 0 bridgehead atoms. The van der Waals surface area contributed by atoms with Crippen molar-refractivity contribution in [2.24, 2.45) is 11.7 Å². The van der Waals surface area contributed by atoms with E-state index < -0.39 is 0 Å². The summed E-state index contributed by atoms with van der Waals surface area (Å²) >= 11 is 0. The van der Waals surface area contributed by atoms with Crippen LogP contribution in [0, 0.1) is 5.92 Å². The van der Waals surface area contributed by atoms with E-state index in [1.807, 2.05) is 7.11 Å². The van der Waals surface area contributed by atoms with Crippen molar-refractivity contribution < 1.29 is 4.74 Å². The molecule has 96 valence electrons. The van der Waals surface area contributed by atoms with Crippen LogP contribution in [0.1, 0.15) is 65.2 Å². The molecule has 0 aromatic rings. The zero-order chi connectivity index (χ0) is 12.0. The van der Waals surface area contributed by atoms with Crippen molar-refractivity contribution in [3.63, 3.8) is 0 Å². The summed E-state index contributed by atoms with van der Waals surface area (Å²) in [4.78, 5) is 0. The van der Waals surface area contributed by atoms with Gasteiger partial charge in [0, 0.05) is 13.2 Å². The molecule has 1 unspecified atom stereocenters. The summed E-state index contributed by atoms with van der Waals surface area (Å²) in [6.45, 7) is 4.49. The van der Waals surface area contributed by atoms with Crippen molar-refractivity contribution in [2.45, 2.75) is 76.9 Å². The Balaban J connectivity index is 2.75. The van der Waals surface area contributed by atoms with Gasteiger partial charge in [-0.2, -0.15) is 0 Å². The summed E-state index contributed by atoms with van der Waals surface area (Å²) < 4.78 is 5.88. The Morgan fingerprint density at radius 3 is 1.94 bits per heavy atom. The van der Waals surface area contributed by atoms with E-state index >= 15 is 0 Å². The molecule has 16 heavy (non-hydrogen) atoms. The minimum absolute atomic E-state index is 0.0345. The Morgan fingerprint density at radius 2 is 1.56 bits per heavy atom. The van der Waals surface area contributed by atoms with Gasteiger partial charge in [-0.1, -0.05) is 52.4 Å². The fourth-order valence-corrected chi connectivity index (χ4v) is 3.23. The lowest BCUT2D eigenvalue weighted by molar-refractivity contribution is -0.0580. The van der Waals surface area contributed by atoms with Crippen LogP contribution in [0.2, 0.25) is 0 Å². The summed E-state index contributed by atoms with van der Waals surface area (Å²) in [5.74, 6) is 0.609. The maximum Gasteiger partial charge on any atom is 0.0831 e. The highest BCUT2D eigenvalue weighted by atomic mass is 16.5. The average molecular weight is 227 g/mol. The number of hydrogen-bond acceptors (Lipinski definition) is 2. The third-order valence-corrected chi connectivity index (χ3v) is 4.52. The molecule has 0 aromatic heterocycles. The first-order valence-electron chi connectivity index (χ1n) is 7.01. The monoisotopic (exact) mass is 227 g/mol. The van der Waals surface area contributed by atoms with E-state index in [0.29, 0.717) is 5.92 Å². The number of hydrogen-bond donors (Lipinski definition) is 1. The average Bonchev–Trinajstić information content (AvgIpc) is 2.56. The van der Waals surface area contributed by atoms with Gasteiger partial charge in [-0.3, -0.25) is 0 Å². The van der Waals surface area contributed by atoms with Crippen molar-refractivity contribution in [3.8, 4) is 0 Å². The van der Waals surface area contributed by atoms with E-state index in [2.05, 4.69) is 13.8 Å². The molecule has 0 amide bonds. The fraction of sp³-hybridized carbons (Fsp3) is 1.00. The SMILES string of the molecule is CCC(CC)C(N)C1(OC)CCCCCC1. The maximum absolute atomic E-state index is 6.50. The van der Waals surface area contributed by atoms with Crippen molar-refractivity contribution in [3.05, 3.63) is 0 Å². The highest BCUT2D eigenvalue weighted by Crippen LogP contribution is 2.36. The number of methoxy groups -OCH3 is 1. The molecular weight excluding hydrogens is 198 g/mol. The van der Waals surface area contributed by atoms with Crippen molar-refractivity contribution >= 4 is 0 Å². The van der Waals surface area contributed by atoms with Crippen LogP contribution >= 0.6 is 0 Å². The van der Waals surface area contributed by atoms with Gasteiger partial charge < -0.3 is 10.5 Å². The second-order valence-corrected chi connectivity index (χ2v) is 5.29. The topological polar surface area (TPSA) is 35.2 Å². The van der Waals surface area contributed by atoms with Crippen LogP contribution in [0.3, 0.4) is 0 Å². The van der Waals surface area contributed by atoms with Crippen LogP contribution < -0.4 is 5.73 Å². The van der Waals surface area contributed by atoms with Gasteiger partial charge in [-0.25, -0.2) is 0 Å². The fourth-order valence-electron chi connectivity index (χ4n) is 3.23. The van der Waals surface area contributed by atoms with Gasteiger partial charge in [0.25, 0.3) is 0 Å². The minimum atomic E-state index is -0.0345. The lowest BCUT2D eigenvalue weighted by atomic mass is 9.77. The van der Waals surface area contributed by atoms with E-state index in [0.717, 1.165) is 12.8 Å². The van der Waals surface area contributed by atoms with Gasteiger partial charge in [-0.15, -0.1) is 0 Å². The van der Waals surface area contributed by atoms with Crippen molar-refractivity contribution in [2.75, 3.05) is 7.11 Å². The Bertz CT molecular complexity index is 181. The second kappa shape index (κ2) is 6.61. The quantitative estimate of drug-likeness (QED) is 0.730. The Labute approximate surface area is 101 Å². The third-order valence-electron chi connectivity index (χ3n) is 4.52. The smallest absolute Gasteiger partial charge is 0.0831 e. The van der Waals surface area contributed by atoms with Gasteiger partial charge in [0.2, 0.25) is 0 Å². The molecule has 0 saturated heterocycles. The van der Waals surface area contributed by atoms with Crippen molar-refractivity contribution in [1.29, 1.82) is 0 Å². The summed E-state index contributed by atoms with van der Waals surface area (Å²) in [6.07, 6.45) is 9.90. The van der Waals surface area contributed by atoms with Gasteiger partial charge in [0.1, 0.15) is 0 Å². The maximum atomic E-state index is 6.50. The van der Waals surface area contributed by atoms with E-state index in [1.165, 1.54) is 38.5 Å². The Kier molecular flexibility index (Phi) is 5.77. The van der Waals surface area contributed by atoms with Crippen LogP contribution in [0.15, 0.2) is 0 Å². The molecule has 0 heterocycles. The summed E-state index contributed by atoms with van der Waals surface area (Å²) in [5, 5.41) is 0. The number of rotatable bonds is 5. The van der Waals surface area contributed by atoms with E-state index in [1.54, 1.807) is 0 Å². The number of ether oxygens (including phenoxy) is 1. The standard InChI is InChI=1S/C14H29NO/c1-4-12(5-2)13(15)14(16-3)10-8-6-7-9-11-14/h12-13H,4-11,15H2,1-3H3. The van der Waals surface area contributed by atoms with Gasteiger partial charge >= 0.3 is 0 Å². The zero-order valence-electron chi connectivity index (χ0n) is 11.3. The highest BCUT2D eigenvalue weighted by molar-refractivity contribution is 4.95. The molecule has 2 heteroatoms. The molecule has 1 atom stereocenters. The van der Waals surface area contributed by atoms with Gasteiger partial charge in [0.15, 0.2) is 0 Å². The molecule has 0 spiro atoms. The lowest BCUT2D eigenvalue weighted by Crippen LogP contribution is -2.53. The molecule has 1 rings (SSSR count). The molecular formula is C14H29NO. The van der Waals surface area contributed by atoms with Gasteiger partial charge in [-0.05, 0) is 18.8 Å². The lowest BCUT2D eigenvalue weighted by Gasteiger charge is -2.41. The molecule has 1 aliphatic carbocycles. The molecule has 0 aromatic carbocycles. The predicted molar refractivity (Wildman–Crippen MR) is 69.5 cm³/mol. The first-order chi connectivity index (χ1) is 7.70. The highest BCUT2D eigenvalue weighted by Gasteiger charge is 2.39. The van der Waals surface area contributed by atoms with Gasteiger partial charge in [0.05, 0.1) is 5.60 Å². The summed E-state index contributed by atoms with van der Waals surface area (Å²) in [5.41, 5.74) is 6.47. The molecule has 0 aliphatic heterocycles. The van der Waals surface area contributed by atoms with E-state index in [4.69, 9.17) is 10.5 Å². The van der Waals surface area contributed by atoms with E-state index in [9.17, 15) is 0 Å². The summed E-state index contributed by atoms with van der Waals surface area (Å²) in [6, 6.07) is 0.214. The van der Waals surface area contributed by atoms with Crippen LogP contribution in [-0.4, -0.2) is 18.8 Å². The van der Waals surface area contributed by atoms with Crippen LogP contribution in [0.4, 0.5) is 0 Å². The van der Waals surface area contributed by atoms with Crippen molar-refractivity contribution in [1.82, 2.24) is 0 Å². The molecule has 2 nitrogen and oxygen atoms in total. The van der Waals surface area contributed by atoms with Crippen LogP contribution in [-0.2, 0) is 4.74 Å². The predicted octanol–water partition coefficient (Wildman–Crippen LogP) is 3.49. The minimum Gasteiger partial charge on any atom is -0.377 e. The first-order valence-corrected chi connectivity index (χ1v) is 7.01. The molecule has 2 N–H and O–H groups in total. The molecule has 1 fully saturated rings. The Hall–Kier alpha value is -0.0800. The normalized spacial score (nSPS) is 23.1. The molecule has 1 saturated carbocycles. The van der Waals surface area contributed by atoms with Crippen LogP contribution in [0.5, 0.6) is 0 Å². The zero-order valence-corrected chi connectivity index (χ0v) is 11.3. The third kappa shape index (κ3) is 2.98.